The SMILES string of the molecule is Fc1ccccc1C1OC=CC1(F)F. The van der Waals surface area contributed by atoms with Gasteiger partial charge < -0.3 is 4.74 Å². The van der Waals surface area contributed by atoms with Crippen molar-refractivity contribution in [2.45, 2.75) is 12.0 Å². The molecule has 0 saturated heterocycles. The molecule has 0 spiro atoms. The molecular formula is C10H7F3O. The summed E-state index contributed by atoms with van der Waals surface area (Å²) >= 11 is 0. The normalized spacial score (nSPS) is 23.5. The molecule has 0 fully saturated rings. The number of benzene rings is 1. The summed E-state index contributed by atoms with van der Waals surface area (Å²) in [5, 5.41) is 0. The first-order chi connectivity index (χ1) is 6.61. The summed E-state index contributed by atoms with van der Waals surface area (Å²) in [5.74, 6) is -3.82. The molecule has 0 radical (unpaired) electrons. The highest BCUT2D eigenvalue weighted by Crippen LogP contribution is 2.40. The molecule has 1 heterocycles. The van der Waals surface area contributed by atoms with Crippen molar-refractivity contribution < 1.29 is 17.9 Å². The van der Waals surface area contributed by atoms with E-state index in [-0.39, 0.29) is 5.56 Å². The van der Waals surface area contributed by atoms with Crippen molar-refractivity contribution in [2.24, 2.45) is 0 Å². The van der Waals surface area contributed by atoms with Crippen molar-refractivity contribution >= 4 is 0 Å². The molecule has 2 rings (SSSR count). The summed E-state index contributed by atoms with van der Waals surface area (Å²) < 4.78 is 44.0. The molecule has 0 N–H and O–H groups in total. The van der Waals surface area contributed by atoms with Crippen LogP contribution in [0, 0.1) is 5.82 Å². The maximum absolute atomic E-state index is 13.1. The van der Waals surface area contributed by atoms with Crippen LogP contribution in [0.4, 0.5) is 13.2 Å². The molecule has 0 amide bonds. The molecule has 0 bridgehead atoms. The minimum Gasteiger partial charge on any atom is -0.487 e. The summed E-state index contributed by atoms with van der Waals surface area (Å²) in [6, 6.07) is 5.36. The maximum atomic E-state index is 13.1. The lowest BCUT2D eigenvalue weighted by Gasteiger charge is -2.18. The Morgan fingerprint density at radius 2 is 1.93 bits per heavy atom. The fourth-order valence-corrected chi connectivity index (χ4v) is 1.36. The number of alkyl halides is 2. The van der Waals surface area contributed by atoms with Gasteiger partial charge in [0.2, 0.25) is 0 Å². The van der Waals surface area contributed by atoms with Gasteiger partial charge >= 0.3 is 5.92 Å². The van der Waals surface area contributed by atoms with Crippen LogP contribution in [0.25, 0.3) is 0 Å². The van der Waals surface area contributed by atoms with Gasteiger partial charge in [0, 0.05) is 11.6 Å². The monoisotopic (exact) mass is 200 g/mol. The molecule has 1 aromatic carbocycles. The standard InChI is InChI=1S/C10H7F3O/c11-8-4-2-1-3-7(8)9-10(12,13)5-6-14-9/h1-6,9H. The summed E-state index contributed by atoms with van der Waals surface area (Å²) in [4.78, 5) is 0. The van der Waals surface area contributed by atoms with Crippen LogP contribution >= 0.6 is 0 Å². The minimum atomic E-state index is -3.14. The molecule has 1 aromatic rings. The van der Waals surface area contributed by atoms with Crippen molar-refractivity contribution in [3.63, 3.8) is 0 Å². The third-order valence-corrected chi connectivity index (χ3v) is 2.04. The fourth-order valence-electron chi connectivity index (χ4n) is 1.36. The Morgan fingerprint density at radius 3 is 2.50 bits per heavy atom. The van der Waals surface area contributed by atoms with E-state index in [1.165, 1.54) is 18.2 Å². The molecule has 4 heteroatoms. The van der Waals surface area contributed by atoms with Gasteiger partial charge in [-0.05, 0) is 6.07 Å². The number of hydrogen-bond acceptors (Lipinski definition) is 1. The molecule has 1 nitrogen and oxygen atoms in total. The average Bonchev–Trinajstić information content (AvgIpc) is 2.46. The Hall–Kier alpha value is -1.45. The number of ether oxygens (including phenoxy) is 1. The zero-order valence-electron chi connectivity index (χ0n) is 7.08. The van der Waals surface area contributed by atoms with E-state index >= 15 is 0 Å². The molecule has 0 aromatic heterocycles. The molecule has 1 unspecified atom stereocenters. The van der Waals surface area contributed by atoms with E-state index in [1.54, 1.807) is 0 Å². The third kappa shape index (κ3) is 1.36. The molecule has 0 saturated carbocycles. The number of rotatable bonds is 1. The van der Waals surface area contributed by atoms with Crippen LogP contribution in [-0.2, 0) is 4.74 Å². The summed E-state index contributed by atoms with van der Waals surface area (Å²) in [6.45, 7) is 0. The first kappa shape index (κ1) is 9.12. The van der Waals surface area contributed by atoms with Crippen molar-refractivity contribution in [3.8, 4) is 0 Å². The van der Waals surface area contributed by atoms with Crippen molar-refractivity contribution in [3.05, 3.63) is 48.0 Å². The van der Waals surface area contributed by atoms with E-state index in [9.17, 15) is 13.2 Å². The lowest BCUT2D eigenvalue weighted by Crippen LogP contribution is -2.21. The molecule has 0 aliphatic carbocycles. The Balaban J connectivity index is 2.38. The first-order valence-corrected chi connectivity index (χ1v) is 4.07. The van der Waals surface area contributed by atoms with E-state index in [0.29, 0.717) is 6.08 Å². The summed E-state index contributed by atoms with van der Waals surface area (Å²) in [5.41, 5.74) is -0.123. The summed E-state index contributed by atoms with van der Waals surface area (Å²) in [7, 11) is 0. The lowest BCUT2D eigenvalue weighted by atomic mass is 10.0. The minimum absolute atomic E-state index is 0.123. The molecule has 74 valence electrons. The highest BCUT2D eigenvalue weighted by atomic mass is 19.3. The second-order valence-electron chi connectivity index (χ2n) is 3.01. The first-order valence-electron chi connectivity index (χ1n) is 4.07. The van der Waals surface area contributed by atoms with Crippen LogP contribution in [0.3, 0.4) is 0 Å². The van der Waals surface area contributed by atoms with Gasteiger partial charge in [0.25, 0.3) is 0 Å². The quantitative estimate of drug-likeness (QED) is 0.677. The average molecular weight is 200 g/mol. The van der Waals surface area contributed by atoms with Gasteiger partial charge in [0.05, 0.1) is 6.26 Å². The number of hydrogen-bond donors (Lipinski definition) is 0. The smallest absolute Gasteiger partial charge is 0.309 e. The van der Waals surface area contributed by atoms with Gasteiger partial charge in [0.15, 0.2) is 6.10 Å². The Kier molecular flexibility index (Phi) is 1.98. The number of halogens is 3. The van der Waals surface area contributed by atoms with Crippen LogP contribution in [0.2, 0.25) is 0 Å². The molecule has 1 atom stereocenters. The van der Waals surface area contributed by atoms with Crippen LogP contribution in [0.15, 0.2) is 36.6 Å². The van der Waals surface area contributed by atoms with Gasteiger partial charge in [-0.1, -0.05) is 18.2 Å². The second-order valence-corrected chi connectivity index (χ2v) is 3.01. The Bertz CT molecular complexity index is 373. The van der Waals surface area contributed by atoms with Gasteiger partial charge in [0.1, 0.15) is 5.82 Å². The van der Waals surface area contributed by atoms with Crippen LogP contribution < -0.4 is 0 Å². The van der Waals surface area contributed by atoms with E-state index < -0.39 is 17.8 Å². The summed E-state index contributed by atoms with van der Waals surface area (Å²) in [6.07, 6.45) is -0.00926. The van der Waals surface area contributed by atoms with E-state index in [1.807, 2.05) is 0 Å². The van der Waals surface area contributed by atoms with E-state index in [4.69, 9.17) is 0 Å². The van der Waals surface area contributed by atoms with Crippen molar-refractivity contribution in [1.29, 1.82) is 0 Å². The van der Waals surface area contributed by atoms with Gasteiger partial charge in [-0.3, -0.25) is 0 Å². The molecular weight excluding hydrogens is 193 g/mol. The van der Waals surface area contributed by atoms with Crippen LogP contribution in [0.5, 0.6) is 0 Å². The van der Waals surface area contributed by atoms with Crippen LogP contribution in [0.1, 0.15) is 11.7 Å². The van der Waals surface area contributed by atoms with Gasteiger partial charge in [-0.25, -0.2) is 4.39 Å². The van der Waals surface area contributed by atoms with Crippen LogP contribution in [-0.4, -0.2) is 5.92 Å². The Labute approximate surface area is 78.8 Å². The zero-order chi connectivity index (χ0) is 10.2. The zero-order valence-corrected chi connectivity index (χ0v) is 7.08. The second kappa shape index (κ2) is 3.04. The predicted octanol–water partition coefficient (Wildman–Crippen LogP) is 3.05. The fraction of sp³-hybridized carbons (Fsp3) is 0.200. The van der Waals surface area contributed by atoms with Crippen molar-refractivity contribution in [1.82, 2.24) is 0 Å². The predicted molar refractivity (Wildman–Crippen MR) is 44.3 cm³/mol. The topological polar surface area (TPSA) is 9.23 Å². The highest BCUT2D eigenvalue weighted by molar-refractivity contribution is 5.25. The van der Waals surface area contributed by atoms with Gasteiger partial charge in [-0.15, -0.1) is 0 Å². The van der Waals surface area contributed by atoms with Gasteiger partial charge in [-0.2, -0.15) is 8.78 Å². The maximum Gasteiger partial charge on any atom is 0.309 e. The molecule has 1 aliphatic heterocycles. The van der Waals surface area contributed by atoms with E-state index in [2.05, 4.69) is 4.74 Å². The lowest BCUT2D eigenvalue weighted by molar-refractivity contribution is -0.0533. The Morgan fingerprint density at radius 1 is 1.21 bits per heavy atom. The van der Waals surface area contributed by atoms with Crippen molar-refractivity contribution in [2.75, 3.05) is 0 Å². The highest BCUT2D eigenvalue weighted by Gasteiger charge is 2.44. The molecule has 14 heavy (non-hydrogen) atoms. The largest absolute Gasteiger partial charge is 0.487 e. The molecule has 1 aliphatic rings. The van der Waals surface area contributed by atoms with E-state index in [0.717, 1.165) is 12.3 Å². The third-order valence-electron chi connectivity index (χ3n) is 2.04.